The number of ether oxygens (including phenoxy) is 1. The van der Waals surface area contributed by atoms with Gasteiger partial charge < -0.3 is 15.4 Å². The maximum absolute atomic E-state index is 6.09. The van der Waals surface area contributed by atoms with E-state index in [2.05, 4.69) is 22.5 Å². The minimum Gasteiger partial charge on any atom is -0.487 e. The van der Waals surface area contributed by atoms with Crippen LogP contribution >= 0.6 is 35.6 Å². The number of aliphatic imine (C=N–C) groups is 1. The monoisotopic (exact) mass is 409 g/mol. The zero-order valence-corrected chi connectivity index (χ0v) is 14.7. The second-order valence-corrected chi connectivity index (χ2v) is 4.88. The first-order valence-corrected chi connectivity index (χ1v) is 7.10. The van der Waals surface area contributed by atoms with E-state index in [4.69, 9.17) is 16.3 Å². The quantitative estimate of drug-likeness (QED) is 0.735. The molecule has 4 nitrogen and oxygen atoms in total. The summed E-state index contributed by atoms with van der Waals surface area (Å²) in [4.78, 5) is 4.37. The standard InChI is InChI=1S/C14H20ClN3O.HI/c1-2-11(10-18-14-16-8-5-9-17-14)19-13-7-4-3-6-12(13)15;/h3-4,6-7,11H,2,5,8-10H2,1H3,(H2,16,17,18);1H. The van der Waals surface area contributed by atoms with Crippen LogP contribution in [0.2, 0.25) is 5.02 Å². The summed E-state index contributed by atoms with van der Waals surface area (Å²) in [5, 5.41) is 7.16. The van der Waals surface area contributed by atoms with E-state index < -0.39 is 0 Å². The second kappa shape index (κ2) is 9.28. The Kier molecular flexibility index (Phi) is 8.06. The summed E-state index contributed by atoms with van der Waals surface area (Å²) in [6.07, 6.45) is 2.08. The molecule has 1 aliphatic heterocycles. The first-order chi connectivity index (χ1) is 9.29. The highest BCUT2D eigenvalue weighted by Crippen LogP contribution is 2.24. The van der Waals surface area contributed by atoms with E-state index in [0.717, 1.165) is 37.6 Å². The maximum atomic E-state index is 6.09. The third kappa shape index (κ3) is 5.36. The molecule has 0 aromatic heterocycles. The van der Waals surface area contributed by atoms with Gasteiger partial charge in [0.2, 0.25) is 0 Å². The number of nitrogens with zero attached hydrogens (tertiary/aromatic N) is 1. The van der Waals surface area contributed by atoms with Crippen molar-refractivity contribution < 1.29 is 4.74 Å². The third-order valence-electron chi connectivity index (χ3n) is 2.98. The molecule has 0 amide bonds. The van der Waals surface area contributed by atoms with Crippen LogP contribution in [0.4, 0.5) is 0 Å². The van der Waals surface area contributed by atoms with Gasteiger partial charge in [-0.3, -0.25) is 4.99 Å². The molecule has 6 heteroatoms. The number of hydrogen-bond acceptors (Lipinski definition) is 4. The molecular weight excluding hydrogens is 389 g/mol. The average molecular weight is 410 g/mol. The molecule has 0 bridgehead atoms. The number of rotatable bonds is 5. The van der Waals surface area contributed by atoms with E-state index in [0.29, 0.717) is 11.6 Å². The molecule has 0 fully saturated rings. The highest BCUT2D eigenvalue weighted by molar-refractivity contribution is 14.0. The summed E-state index contributed by atoms with van der Waals surface area (Å²) in [5.41, 5.74) is 0. The molecule has 2 rings (SSSR count). The molecule has 0 radical (unpaired) electrons. The van der Waals surface area contributed by atoms with Gasteiger partial charge in [-0.15, -0.1) is 24.0 Å². The maximum Gasteiger partial charge on any atom is 0.191 e. The number of para-hydroxylation sites is 1. The molecule has 0 spiro atoms. The Balaban J connectivity index is 0.00000200. The van der Waals surface area contributed by atoms with E-state index >= 15 is 0 Å². The largest absolute Gasteiger partial charge is 0.487 e. The Morgan fingerprint density at radius 1 is 1.45 bits per heavy atom. The van der Waals surface area contributed by atoms with Gasteiger partial charge in [0.25, 0.3) is 0 Å². The lowest BCUT2D eigenvalue weighted by Crippen LogP contribution is -2.44. The van der Waals surface area contributed by atoms with Crippen molar-refractivity contribution in [2.75, 3.05) is 19.6 Å². The molecule has 1 atom stereocenters. The normalized spacial score (nSPS) is 15.4. The lowest BCUT2D eigenvalue weighted by Gasteiger charge is -2.21. The minimum absolute atomic E-state index is 0. The number of hydrogen-bond donors (Lipinski definition) is 2. The zero-order chi connectivity index (χ0) is 13.5. The van der Waals surface area contributed by atoms with Crippen LogP contribution in [0.25, 0.3) is 0 Å². The SMILES string of the molecule is CCC(CNC1=NCCCN1)Oc1ccccc1Cl.I. The zero-order valence-electron chi connectivity index (χ0n) is 11.6. The van der Waals surface area contributed by atoms with Crippen LogP contribution in [0.15, 0.2) is 29.3 Å². The number of benzene rings is 1. The topological polar surface area (TPSA) is 45.7 Å². The van der Waals surface area contributed by atoms with Crippen molar-refractivity contribution >= 4 is 41.5 Å². The van der Waals surface area contributed by atoms with Crippen LogP contribution in [-0.4, -0.2) is 31.7 Å². The molecule has 2 N–H and O–H groups in total. The first-order valence-electron chi connectivity index (χ1n) is 6.73. The van der Waals surface area contributed by atoms with Gasteiger partial charge in [-0.05, 0) is 25.0 Å². The molecule has 0 aliphatic carbocycles. The molecule has 0 saturated heterocycles. The second-order valence-electron chi connectivity index (χ2n) is 4.47. The average Bonchev–Trinajstić information content (AvgIpc) is 2.46. The van der Waals surface area contributed by atoms with Crippen molar-refractivity contribution in [1.82, 2.24) is 10.6 Å². The molecule has 112 valence electrons. The Hall–Kier alpha value is -0.690. The van der Waals surface area contributed by atoms with Gasteiger partial charge in [0.05, 0.1) is 11.6 Å². The van der Waals surface area contributed by atoms with Gasteiger partial charge in [-0.1, -0.05) is 30.7 Å². The molecule has 1 aromatic rings. The highest BCUT2D eigenvalue weighted by Gasteiger charge is 2.12. The van der Waals surface area contributed by atoms with Gasteiger partial charge in [0.1, 0.15) is 11.9 Å². The fraction of sp³-hybridized carbons (Fsp3) is 0.500. The van der Waals surface area contributed by atoms with Gasteiger partial charge >= 0.3 is 0 Å². The number of guanidine groups is 1. The van der Waals surface area contributed by atoms with Gasteiger partial charge in [0.15, 0.2) is 5.96 Å². The van der Waals surface area contributed by atoms with Crippen molar-refractivity contribution in [3.05, 3.63) is 29.3 Å². The van der Waals surface area contributed by atoms with Gasteiger partial charge in [-0.2, -0.15) is 0 Å². The summed E-state index contributed by atoms with van der Waals surface area (Å²) >= 11 is 6.09. The molecule has 0 saturated carbocycles. The molecule has 1 aromatic carbocycles. The van der Waals surface area contributed by atoms with Crippen LogP contribution in [0, 0.1) is 0 Å². The van der Waals surface area contributed by atoms with Crippen molar-refractivity contribution in [2.24, 2.45) is 4.99 Å². The lowest BCUT2D eigenvalue weighted by molar-refractivity contribution is 0.199. The van der Waals surface area contributed by atoms with Crippen molar-refractivity contribution in [3.8, 4) is 5.75 Å². The van der Waals surface area contributed by atoms with Crippen LogP contribution < -0.4 is 15.4 Å². The Labute approximate surface area is 142 Å². The highest BCUT2D eigenvalue weighted by atomic mass is 127. The third-order valence-corrected chi connectivity index (χ3v) is 3.29. The molecule has 1 aliphatic rings. The molecule has 1 unspecified atom stereocenters. The van der Waals surface area contributed by atoms with Crippen molar-refractivity contribution in [3.63, 3.8) is 0 Å². The molecular formula is C14H21ClIN3O. The first kappa shape index (κ1) is 17.4. The van der Waals surface area contributed by atoms with E-state index in [1.165, 1.54) is 0 Å². The van der Waals surface area contributed by atoms with Crippen LogP contribution in [0.5, 0.6) is 5.75 Å². The van der Waals surface area contributed by atoms with Crippen LogP contribution in [-0.2, 0) is 0 Å². The van der Waals surface area contributed by atoms with Gasteiger partial charge in [-0.25, -0.2) is 0 Å². The number of nitrogens with one attached hydrogen (secondary N) is 2. The van der Waals surface area contributed by atoms with E-state index in [-0.39, 0.29) is 30.1 Å². The van der Waals surface area contributed by atoms with Crippen LogP contribution in [0.3, 0.4) is 0 Å². The summed E-state index contributed by atoms with van der Waals surface area (Å²) in [6.45, 7) is 4.68. The lowest BCUT2D eigenvalue weighted by atomic mass is 10.2. The van der Waals surface area contributed by atoms with E-state index in [1.54, 1.807) is 0 Å². The van der Waals surface area contributed by atoms with Gasteiger partial charge in [0, 0.05) is 13.1 Å². The molecule has 1 heterocycles. The fourth-order valence-corrected chi connectivity index (χ4v) is 2.03. The van der Waals surface area contributed by atoms with Crippen LogP contribution in [0.1, 0.15) is 19.8 Å². The Bertz CT molecular complexity index is 442. The summed E-state index contributed by atoms with van der Waals surface area (Å²) in [5.74, 6) is 1.60. The Morgan fingerprint density at radius 2 is 2.25 bits per heavy atom. The summed E-state index contributed by atoms with van der Waals surface area (Å²) in [6, 6.07) is 7.55. The van der Waals surface area contributed by atoms with Crippen molar-refractivity contribution in [1.29, 1.82) is 0 Å². The summed E-state index contributed by atoms with van der Waals surface area (Å²) in [7, 11) is 0. The predicted octanol–water partition coefficient (Wildman–Crippen LogP) is 3.05. The summed E-state index contributed by atoms with van der Waals surface area (Å²) < 4.78 is 5.91. The predicted molar refractivity (Wildman–Crippen MR) is 94.5 cm³/mol. The van der Waals surface area contributed by atoms with E-state index in [1.807, 2.05) is 24.3 Å². The fourth-order valence-electron chi connectivity index (χ4n) is 1.85. The minimum atomic E-state index is 0. The number of halogens is 2. The Morgan fingerprint density at radius 3 is 2.90 bits per heavy atom. The van der Waals surface area contributed by atoms with Crippen molar-refractivity contribution in [2.45, 2.75) is 25.9 Å². The molecule has 20 heavy (non-hydrogen) atoms. The van der Waals surface area contributed by atoms with E-state index in [9.17, 15) is 0 Å². The smallest absolute Gasteiger partial charge is 0.191 e.